The molecule has 0 aromatic rings. The van der Waals surface area contributed by atoms with Gasteiger partial charge in [0.05, 0.1) is 0 Å². The van der Waals surface area contributed by atoms with Crippen molar-refractivity contribution in [2.75, 3.05) is 7.05 Å². The van der Waals surface area contributed by atoms with Crippen LogP contribution in [0.25, 0.3) is 0 Å². The van der Waals surface area contributed by atoms with Crippen LogP contribution in [0.1, 0.15) is 20.3 Å². The fourth-order valence-corrected chi connectivity index (χ4v) is 1.16. The van der Waals surface area contributed by atoms with E-state index in [2.05, 4.69) is 37.4 Å². The molecule has 1 atom stereocenters. The molecule has 0 saturated heterocycles. The minimum absolute atomic E-state index is 0.203. The van der Waals surface area contributed by atoms with Crippen molar-refractivity contribution in [1.82, 2.24) is 5.32 Å². The fourth-order valence-electron chi connectivity index (χ4n) is 1.16. The lowest BCUT2D eigenvalue weighted by atomic mass is 9.86. The molecule has 0 saturated carbocycles. The molecule has 0 aromatic heterocycles. The van der Waals surface area contributed by atoms with Gasteiger partial charge in [-0.25, -0.2) is 0 Å². The van der Waals surface area contributed by atoms with Crippen molar-refractivity contribution < 1.29 is 0 Å². The Morgan fingerprint density at radius 1 is 1.60 bits per heavy atom. The maximum Gasteiger partial charge on any atom is 0.0398 e. The number of hydrogen-bond acceptors (Lipinski definition) is 1. The zero-order chi connectivity index (χ0) is 7.61. The van der Waals surface area contributed by atoms with Crippen LogP contribution in [0.3, 0.4) is 0 Å². The summed E-state index contributed by atoms with van der Waals surface area (Å²) in [6, 6.07) is 0. The van der Waals surface area contributed by atoms with Crippen LogP contribution in [-0.2, 0) is 0 Å². The average molecular weight is 137 g/mol. The van der Waals surface area contributed by atoms with Gasteiger partial charge < -0.3 is 5.32 Å². The highest BCUT2D eigenvalue weighted by Gasteiger charge is 2.23. The molecule has 0 spiro atoms. The molecule has 1 rings (SSSR count). The standard InChI is InChI=1S/C9H15N/c1-8-6-4-5-7-9(8,2)10-3/h4-6,10H,7H2,1-3H3/t9-/m1/s1. The van der Waals surface area contributed by atoms with Crippen LogP contribution in [0.2, 0.25) is 0 Å². The number of likely N-dealkylation sites (N-methyl/N-ethyl adjacent to an activating group) is 1. The van der Waals surface area contributed by atoms with Gasteiger partial charge >= 0.3 is 0 Å². The third kappa shape index (κ3) is 1.14. The van der Waals surface area contributed by atoms with Crippen molar-refractivity contribution >= 4 is 0 Å². The molecule has 0 bridgehead atoms. The molecule has 0 heterocycles. The normalized spacial score (nSPS) is 32.1. The topological polar surface area (TPSA) is 12.0 Å². The highest BCUT2D eigenvalue weighted by atomic mass is 14.9. The molecular weight excluding hydrogens is 122 g/mol. The first kappa shape index (κ1) is 7.55. The summed E-state index contributed by atoms with van der Waals surface area (Å²) in [7, 11) is 2.01. The van der Waals surface area contributed by atoms with Crippen molar-refractivity contribution in [1.29, 1.82) is 0 Å². The summed E-state index contributed by atoms with van der Waals surface area (Å²) < 4.78 is 0. The minimum atomic E-state index is 0.203. The highest BCUT2D eigenvalue weighted by molar-refractivity contribution is 5.27. The van der Waals surface area contributed by atoms with Gasteiger partial charge in [-0.2, -0.15) is 0 Å². The van der Waals surface area contributed by atoms with Gasteiger partial charge in [0.2, 0.25) is 0 Å². The molecule has 0 aliphatic heterocycles. The Morgan fingerprint density at radius 2 is 2.30 bits per heavy atom. The third-order valence-corrected chi connectivity index (χ3v) is 2.43. The molecule has 1 N–H and O–H groups in total. The Kier molecular flexibility index (Phi) is 1.95. The van der Waals surface area contributed by atoms with Crippen molar-refractivity contribution in [3.63, 3.8) is 0 Å². The zero-order valence-electron chi connectivity index (χ0n) is 6.94. The van der Waals surface area contributed by atoms with Crippen molar-refractivity contribution in [3.8, 4) is 0 Å². The first-order valence-electron chi connectivity index (χ1n) is 3.72. The smallest absolute Gasteiger partial charge is 0.0398 e. The lowest BCUT2D eigenvalue weighted by Gasteiger charge is -2.31. The van der Waals surface area contributed by atoms with Crippen LogP contribution in [0.5, 0.6) is 0 Å². The summed E-state index contributed by atoms with van der Waals surface area (Å²) in [4.78, 5) is 0. The van der Waals surface area contributed by atoms with Gasteiger partial charge in [0.1, 0.15) is 0 Å². The summed E-state index contributed by atoms with van der Waals surface area (Å²) in [5.74, 6) is 0. The highest BCUT2D eigenvalue weighted by Crippen LogP contribution is 2.23. The molecule has 10 heavy (non-hydrogen) atoms. The molecule has 1 nitrogen and oxygen atoms in total. The van der Waals surface area contributed by atoms with E-state index in [1.165, 1.54) is 5.57 Å². The lowest BCUT2D eigenvalue weighted by molar-refractivity contribution is 0.453. The fraction of sp³-hybridized carbons (Fsp3) is 0.556. The second-order valence-corrected chi connectivity index (χ2v) is 3.06. The number of rotatable bonds is 1. The Bertz CT molecular complexity index is 179. The first-order valence-corrected chi connectivity index (χ1v) is 3.72. The van der Waals surface area contributed by atoms with E-state index in [4.69, 9.17) is 0 Å². The Morgan fingerprint density at radius 3 is 2.70 bits per heavy atom. The van der Waals surface area contributed by atoms with Gasteiger partial charge in [-0.15, -0.1) is 0 Å². The molecule has 0 aromatic carbocycles. The average Bonchev–Trinajstić information content (AvgIpc) is 1.96. The third-order valence-electron chi connectivity index (χ3n) is 2.43. The number of nitrogens with one attached hydrogen (secondary N) is 1. The zero-order valence-corrected chi connectivity index (χ0v) is 6.94. The molecule has 56 valence electrons. The van der Waals surface area contributed by atoms with E-state index in [0.29, 0.717) is 0 Å². The minimum Gasteiger partial charge on any atom is -0.311 e. The number of hydrogen-bond donors (Lipinski definition) is 1. The lowest BCUT2D eigenvalue weighted by Crippen LogP contribution is -2.41. The van der Waals surface area contributed by atoms with Gasteiger partial charge in [0, 0.05) is 5.54 Å². The summed E-state index contributed by atoms with van der Waals surface area (Å²) in [5, 5.41) is 3.31. The molecule has 1 heteroatoms. The Labute approximate surface area is 62.8 Å². The van der Waals surface area contributed by atoms with Crippen LogP contribution in [0.4, 0.5) is 0 Å². The van der Waals surface area contributed by atoms with E-state index in [0.717, 1.165) is 6.42 Å². The first-order chi connectivity index (χ1) is 4.69. The van der Waals surface area contributed by atoms with Crippen LogP contribution in [0, 0.1) is 0 Å². The maximum absolute atomic E-state index is 3.31. The quantitative estimate of drug-likeness (QED) is 0.581. The SMILES string of the molecule is CN[C@]1(C)CC=CC=C1C. The van der Waals surface area contributed by atoms with E-state index >= 15 is 0 Å². The van der Waals surface area contributed by atoms with E-state index < -0.39 is 0 Å². The largest absolute Gasteiger partial charge is 0.311 e. The van der Waals surface area contributed by atoms with E-state index in [-0.39, 0.29) is 5.54 Å². The molecule has 0 amide bonds. The summed E-state index contributed by atoms with van der Waals surface area (Å²) in [6.45, 7) is 4.39. The van der Waals surface area contributed by atoms with Gasteiger partial charge in [-0.05, 0) is 27.3 Å². The van der Waals surface area contributed by atoms with Gasteiger partial charge in [0.15, 0.2) is 0 Å². The van der Waals surface area contributed by atoms with Gasteiger partial charge in [-0.1, -0.05) is 23.8 Å². The van der Waals surface area contributed by atoms with Gasteiger partial charge in [0.25, 0.3) is 0 Å². The summed E-state index contributed by atoms with van der Waals surface area (Å²) in [6.07, 6.45) is 7.59. The second-order valence-electron chi connectivity index (χ2n) is 3.06. The van der Waals surface area contributed by atoms with E-state index in [1.807, 2.05) is 7.05 Å². The van der Waals surface area contributed by atoms with Crippen LogP contribution in [-0.4, -0.2) is 12.6 Å². The second kappa shape index (κ2) is 2.59. The molecule has 1 aliphatic carbocycles. The molecule has 0 unspecified atom stereocenters. The Hall–Kier alpha value is -0.560. The molecular formula is C9H15N. The number of allylic oxidation sites excluding steroid dienone is 2. The van der Waals surface area contributed by atoms with Crippen LogP contribution < -0.4 is 5.32 Å². The maximum atomic E-state index is 3.31. The van der Waals surface area contributed by atoms with Gasteiger partial charge in [-0.3, -0.25) is 0 Å². The van der Waals surface area contributed by atoms with Crippen molar-refractivity contribution in [2.45, 2.75) is 25.8 Å². The molecule has 0 radical (unpaired) electrons. The van der Waals surface area contributed by atoms with Crippen molar-refractivity contribution in [3.05, 3.63) is 23.8 Å². The monoisotopic (exact) mass is 137 g/mol. The predicted molar refractivity (Wildman–Crippen MR) is 45.0 cm³/mol. The van der Waals surface area contributed by atoms with Crippen LogP contribution >= 0.6 is 0 Å². The molecule has 0 fully saturated rings. The van der Waals surface area contributed by atoms with Crippen molar-refractivity contribution in [2.24, 2.45) is 0 Å². The Balaban J connectivity index is 2.81. The predicted octanol–water partition coefficient (Wildman–Crippen LogP) is 1.87. The summed E-state index contributed by atoms with van der Waals surface area (Å²) >= 11 is 0. The van der Waals surface area contributed by atoms with E-state index in [9.17, 15) is 0 Å². The van der Waals surface area contributed by atoms with Crippen LogP contribution in [0.15, 0.2) is 23.8 Å². The van der Waals surface area contributed by atoms with E-state index in [1.54, 1.807) is 0 Å². The summed E-state index contributed by atoms with van der Waals surface area (Å²) in [5.41, 5.74) is 1.62. The molecule has 1 aliphatic rings.